The second-order valence-electron chi connectivity index (χ2n) is 5.94. The summed E-state index contributed by atoms with van der Waals surface area (Å²) in [5.74, 6) is 1.16. The third kappa shape index (κ3) is 3.29. The number of aromatic hydroxyl groups is 1. The second-order valence-corrected chi connectivity index (χ2v) is 6.89. The van der Waals surface area contributed by atoms with E-state index in [1.807, 2.05) is 35.7 Å². The van der Waals surface area contributed by atoms with Crippen LogP contribution in [0.1, 0.15) is 5.69 Å². The number of rotatable bonds is 4. The summed E-state index contributed by atoms with van der Waals surface area (Å²) in [7, 11) is 0. The van der Waals surface area contributed by atoms with Crippen LogP contribution in [-0.4, -0.2) is 41.3 Å². The Bertz CT molecular complexity index is 775. The standard InChI is InChI=1S/C18H19N3O2S/c22-16-5-3-15(4-6-16)21-9-7-20(8-10-21)13-14-12-17(23-19-14)18-2-1-11-24-18/h1-6,11-12,22H,7-10,13H2. The van der Waals surface area contributed by atoms with Crippen molar-refractivity contribution in [1.82, 2.24) is 10.1 Å². The summed E-state index contributed by atoms with van der Waals surface area (Å²) in [5, 5.41) is 15.6. The Balaban J connectivity index is 1.34. The lowest BCUT2D eigenvalue weighted by atomic mass is 10.2. The van der Waals surface area contributed by atoms with Crippen LogP contribution in [0.25, 0.3) is 10.6 Å². The molecule has 1 saturated heterocycles. The van der Waals surface area contributed by atoms with Gasteiger partial charge in [0.15, 0.2) is 5.76 Å². The highest BCUT2D eigenvalue weighted by Crippen LogP contribution is 2.26. The van der Waals surface area contributed by atoms with E-state index in [-0.39, 0.29) is 0 Å². The minimum Gasteiger partial charge on any atom is -0.508 e. The number of anilines is 1. The number of phenolic OH excluding ortho intramolecular Hbond substituents is 1. The summed E-state index contributed by atoms with van der Waals surface area (Å²) in [6.07, 6.45) is 0. The predicted molar refractivity (Wildman–Crippen MR) is 95.4 cm³/mol. The van der Waals surface area contributed by atoms with E-state index in [1.165, 1.54) is 0 Å². The van der Waals surface area contributed by atoms with Crippen molar-refractivity contribution in [3.8, 4) is 16.4 Å². The monoisotopic (exact) mass is 341 g/mol. The van der Waals surface area contributed by atoms with E-state index >= 15 is 0 Å². The maximum atomic E-state index is 9.39. The quantitative estimate of drug-likeness (QED) is 0.788. The lowest BCUT2D eigenvalue weighted by molar-refractivity contribution is 0.242. The molecule has 4 rings (SSSR count). The molecule has 6 heteroatoms. The van der Waals surface area contributed by atoms with E-state index in [2.05, 4.69) is 15.0 Å². The molecule has 124 valence electrons. The van der Waals surface area contributed by atoms with Crippen LogP contribution in [0.15, 0.2) is 52.4 Å². The van der Waals surface area contributed by atoms with E-state index in [1.54, 1.807) is 23.5 Å². The van der Waals surface area contributed by atoms with E-state index in [0.717, 1.165) is 54.7 Å². The molecule has 3 heterocycles. The maximum Gasteiger partial charge on any atom is 0.177 e. The van der Waals surface area contributed by atoms with Gasteiger partial charge >= 0.3 is 0 Å². The topological polar surface area (TPSA) is 52.7 Å². The normalized spacial score (nSPS) is 15.8. The van der Waals surface area contributed by atoms with Gasteiger partial charge < -0.3 is 14.5 Å². The first-order valence-electron chi connectivity index (χ1n) is 8.04. The number of hydrogen-bond donors (Lipinski definition) is 1. The van der Waals surface area contributed by atoms with Gasteiger partial charge in [-0.1, -0.05) is 11.2 Å². The van der Waals surface area contributed by atoms with Gasteiger partial charge in [-0.25, -0.2) is 0 Å². The van der Waals surface area contributed by atoms with Gasteiger partial charge in [-0.3, -0.25) is 4.90 Å². The molecule has 0 aliphatic carbocycles. The third-order valence-electron chi connectivity index (χ3n) is 4.30. The van der Waals surface area contributed by atoms with Crippen LogP contribution in [0.3, 0.4) is 0 Å². The van der Waals surface area contributed by atoms with Gasteiger partial charge in [-0.05, 0) is 35.7 Å². The molecule has 2 aromatic heterocycles. The Morgan fingerprint density at radius 3 is 2.58 bits per heavy atom. The van der Waals surface area contributed by atoms with Crippen LogP contribution in [0.5, 0.6) is 5.75 Å². The van der Waals surface area contributed by atoms with E-state index < -0.39 is 0 Å². The predicted octanol–water partition coefficient (Wildman–Crippen LogP) is 3.43. The molecule has 3 aromatic rings. The van der Waals surface area contributed by atoms with Crippen molar-refractivity contribution in [3.05, 3.63) is 53.5 Å². The number of aromatic nitrogens is 1. The number of piperazine rings is 1. The summed E-state index contributed by atoms with van der Waals surface area (Å²) in [5.41, 5.74) is 2.14. The molecule has 0 radical (unpaired) electrons. The highest BCUT2D eigenvalue weighted by atomic mass is 32.1. The molecular weight excluding hydrogens is 322 g/mol. The molecule has 0 saturated carbocycles. The number of nitrogens with zero attached hydrogens (tertiary/aromatic N) is 3. The van der Waals surface area contributed by atoms with Crippen LogP contribution < -0.4 is 4.90 Å². The molecule has 0 amide bonds. The van der Waals surface area contributed by atoms with E-state index in [0.29, 0.717) is 5.75 Å². The number of hydrogen-bond acceptors (Lipinski definition) is 6. The minimum absolute atomic E-state index is 0.310. The first kappa shape index (κ1) is 15.2. The third-order valence-corrected chi connectivity index (χ3v) is 5.18. The van der Waals surface area contributed by atoms with Gasteiger partial charge in [-0.2, -0.15) is 0 Å². The van der Waals surface area contributed by atoms with Gasteiger partial charge in [0.05, 0.1) is 10.6 Å². The number of benzene rings is 1. The molecule has 1 aromatic carbocycles. The molecule has 24 heavy (non-hydrogen) atoms. The van der Waals surface area contributed by atoms with Crippen molar-refractivity contribution >= 4 is 17.0 Å². The fourth-order valence-electron chi connectivity index (χ4n) is 2.98. The molecule has 5 nitrogen and oxygen atoms in total. The Morgan fingerprint density at radius 1 is 1.08 bits per heavy atom. The highest BCUT2D eigenvalue weighted by Gasteiger charge is 2.19. The van der Waals surface area contributed by atoms with Crippen molar-refractivity contribution in [3.63, 3.8) is 0 Å². The van der Waals surface area contributed by atoms with Crippen molar-refractivity contribution in [1.29, 1.82) is 0 Å². The Labute approximate surface area is 144 Å². The largest absolute Gasteiger partial charge is 0.508 e. The minimum atomic E-state index is 0.310. The van der Waals surface area contributed by atoms with Crippen molar-refractivity contribution in [2.45, 2.75) is 6.54 Å². The summed E-state index contributed by atoms with van der Waals surface area (Å²) < 4.78 is 5.45. The molecule has 0 bridgehead atoms. The van der Waals surface area contributed by atoms with Gasteiger partial charge in [0.25, 0.3) is 0 Å². The molecular formula is C18H19N3O2S. The summed E-state index contributed by atoms with van der Waals surface area (Å²) in [4.78, 5) is 5.86. The smallest absolute Gasteiger partial charge is 0.177 e. The zero-order valence-electron chi connectivity index (χ0n) is 13.3. The van der Waals surface area contributed by atoms with Gasteiger partial charge in [0, 0.05) is 44.5 Å². The summed E-state index contributed by atoms with van der Waals surface area (Å²) in [6, 6.07) is 13.5. The zero-order valence-corrected chi connectivity index (χ0v) is 14.1. The maximum absolute atomic E-state index is 9.39. The molecule has 0 unspecified atom stereocenters. The zero-order chi connectivity index (χ0) is 16.4. The number of phenols is 1. The van der Waals surface area contributed by atoms with Crippen LogP contribution in [0, 0.1) is 0 Å². The van der Waals surface area contributed by atoms with E-state index in [9.17, 15) is 5.11 Å². The average molecular weight is 341 g/mol. The van der Waals surface area contributed by atoms with Crippen LogP contribution in [0.4, 0.5) is 5.69 Å². The van der Waals surface area contributed by atoms with Crippen molar-refractivity contribution < 1.29 is 9.63 Å². The molecule has 1 aliphatic rings. The molecule has 1 N–H and O–H groups in total. The highest BCUT2D eigenvalue weighted by molar-refractivity contribution is 7.13. The Hall–Kier alpha value is -2.31. The summed E-state index contributed by atoms with van der Waals surface area (Å²) in [6.45, 7) is 4.74. The fraction of sp³-hybridized carbons (Fsp3) is 0.278. The van der Waals surface area contributed by atoms with Gasteiger partial charge in [-0.15, -0.1) is 11.3 Å². The van der Waals surface area contributed by atoms with Gasteiger partial charge in [0.2, 0.25) is 0 Å². The molecule has 1 fully saturated rings. The van der Waals surface area contributed by atoms with Crippen molar-refractivity contribution in [2.24, 2.45) is 0 Å². The fourth-order valence-corrected chi connectivity index (χ4v) is 3.65. The molecule has 0 spiro atoms. The van der Waals surface area contributed by atoms with Gasteiger partial charge in [0.1, 0.15) is 5.75 Å². The lowest BCUT2D eigenvalue weighted by Crippen LogP contribution is -2.46. The molecule has 1 aliphatic heterocycles. The Kier molecular flexibility index (Phi) is 4.23. The Morgan fingerprint density at radius 2 is 1.88 bits per heavy atom. The average Bonchev–Trinajstić information content (AvgIpc) is 3.28. The molecule has 0 atom stereocenters. The van der Waals surface area contributed by atoms with Crippen LogP contribution in [0.2, 0.25) is 0 Å². The van der Waals surface area contributed by atoms with Crippen molar-refractivity contribution in [2.75, 3.05) is 31.1 Å². The first-order chi connectivity index (χ1) is 11.8. The number of thiophene rings is 1. The SMILES string of the molecule is Oc1ccc(N2CCN(Cc3cc(-c4cccs4)on3)CC2)cc1. The van der Waals surface area contributed by atoms with Crippen LogP contribution in [-0.2, 0) is 6.54 Å². The second kappa shape index (κ2) is 6.67. The summed E-state index contributed by atoms with van der Waals surface area (Å²) >= 11 is 1.66. The van der Waals surface area contributed by atoms with E-state index in [4.69, 9.17) is 4.52 Å². The lowest BCUT2D eigenvalue weighted by Gasteiger charge is -2.35. The van der Waals surface area contributed by atoms with Crippen LogP contribution >= 0.6 is 11.3 Å². The first-order valence-corrected chi connectivity index (χ1v) is 8.92.